The van der Waals surface area contributed by atoms with Crippen molar-refractivity contribution in [1.82, 2.24) is 15.1 Å². The molecule has 1 fully saturated rings. The third-order valence-electron chi connectivity index (χ3n) is 4.14. The SMILES string of the molecule is CN1CCN(C2=NC(=O)C(CC(=O)Nc3ccc(Cl)cc3)N2)CC1. The molecular formula is C16H20ClN5O2. The van der Waals surface area contributed by atoms with Gasteiger partial charge in [-0.1, -0.05) is 11.6 Å². The molecule has 1 unspecified atom stereocenters. The first kappa shape index (κ1) is 16.7. The molecule has 2 heterocycles. The van der Waals surface area contributed by atoms with Crippen molar-refractivity contribution in [2.45, 2.75) is 12.5 Å². The highest BCUT2D eigenvalue weighted by atomic mass is 35.5. The van der Waals surface area contributed by atoms with E-state index in [2.05, 4.69) is 32.5 Å². The van der Waals surface area contributed by atoms with E-state index in [9.17, 15) is 9.59 Å². The topological polar surface area (TPSA) is 77.0 Å². The van der Waals surface area contributed by atoms with E-state index in [1.807, 2.05) is 0 Å². The van der Waals surface area contributed by atoms with Gasteiger partial charge in [0, 0.05) is 36.9 Å². The minimum atomic E-state index is -0.605. The molecule has 0 saturated carbocycles. The van der Waals surface area contributed by atoms with Gasteiger partial charge in [0.2, 0.25) is 11.9 Å². The summed E-state index contributed by atoms with van der Waals surface area (Å²) >= 11 is 5.81. The smallest absolute Gasteiger partial charge is 0.271 e. The molecule has 0 bridgehead atoms. The first-order chi connectivity index (χ1) is 11.5. The molecule has 0 spiro atoms. The van der Waals surface area contributed by atoms with Crippen molar-refractivity contribution in [2.75, 3.05) is 38.5 Å². The number of carbonyl (C=O) groups excluding carboxylic acids is 2. The number of nitrogens with zero attached hydrogens (tertiary/aromatic N) is 3. The minimum absolute atomic E-state index is 0.0439. The van der Waals surface area contributed by atoms with E-state index in [1.54, 1.807) is 24.3 Å². The molecular weight excluding hydrogens is 330 g/mol. The number of hydrogen-bond donors (Lipinski definition) is 2. The molecule has 1 aromatic rings. The average molecular weight is 350 g/mol. The van der Waals surface area contributed by atoms with Crippen LogP contribution in [0, 0.1) is 0 Å². The number of guanidine groups is 1. The molecule has 2 aliphatic heterocycles. The second-order valence-corrected chi connectivity index (χ2v) is 6.46. The van der Waals surface area contributed by atoms with Crippen molar-refractivity contribution in [3.8, 4) is 0 Å². The van der Waals surface area contributed by atoms with Gasteiger partial charge in [-0.3, -0.25) is 9.59 Å². The van der Waals surface area contributed by atoms with Gasteiger partial charge in [0.05, 0.1) is 6.42 Å². The van der Waals surface area contributed by atoms with Gasteiger partial charge in [0.15, 0.2) is 0 Å². The van der Waals surface area contributed by atoms with Crippen molar-refractivity contribution in [1.29, 1.82) is 0 Å². The summed E-state index contributed by atoms with van der Waals surface area (Å²) in [4.78, 5) is 32.5. The highest BCUT2D eigenvalue weighted by Crippen LogP contribution is 2.15. The summed E-state index contributed by atoms with van der Waals surface area (Å²) in [6.45, 7) is 3.49. The van der Waals surface area contributed by atoms with Crippen molar-refractivity contribution in [3.63, 3.8) is 0 Å². The Morgan fingerprint density at radius 2 is 1.96 bits per heavy atom. The molecule has 1 aromatic carbocycles. The third-order valence-corrected chi connectivity index (χ3v) is 4.39. The van der Waals surface area contributed by atoms with Gasteiger partial charge in [0.1, 0.15) is 6.04 Å². The zero-order valence-corrected chi connectivity index (χ0v) is 14.2. The lowest BCUT2D eigenvalue weighted by atomic mass is 10.2. The Balaban J connectivity index is 1.52. The summed E-state index contributed by atoms with van der Waals surface area (Å²) < 4.78 is 0. The van der Waals surface area contributed by atoms with Crippen molar-refractivity contribution >= 4 is 35.1 Å². The molecule has 128 valence electrons. The minimum Gasteiger partial charge on any atom is -0.343 e. The number of likely N-dealkylation sites (N-methyl/N-ethyl adjacent to an activating group) is 1. The van der Waals surface area contributed by atoms with Crippen LogP contribution in [0.5, 0.6) is 0 Å². The van der Waals surface area contributed by atoms with Crippen LogP contribution in [-0.2, 0) is 9.59 Å². The molecule has 3 rings (SSSR count). The van der Waals surface area contributed by atoms with Crippen LogP contribution in [0.3, 0.4) is 0 Å². The highest BCUT2D eigenvalue weighted by molar-refractivity contribution is 6.30. The number of hydrogen-bond acceptors (Lipinski definition) is 5. The summed E-state index contributed by atoms with van der Waals surface area (Å²) in [5.41, 5.74) is 0.648. The summed E-state index contributed by atoms with van der Waals surface area (Å²) in [6.07, 6.45) is 0.0439. The van der Waals surface area contributed by atoms with E-state index in [4.69, 9.17) is 11.6 Å². The monoisotopic (exact) mass is 349 g/mol. The van der Waals surface area contributed by atoms with Crippen LogP contribution < -0.4 is 10.6 Å². The molecule has 8 heteroatoms. The summed E-state index contributed by atoms with van der Waals surface area (Å²) in [5.74, 6) is 0.0468. The largest absolute Gasteiger partial charge is 0.343 e. The number of carbonyl (C=O) groups is 2. The number of rotatable bonds is 3. The van der Waals surface area contributed by atoms with Gasteiger partial charge < -0.3 is 20.4 Å². The van der Waals surface area contributed by atoms with E-state index in [-0.39, 0.29) is 18.2 Å². The van der Waals surface area contributed by atoms with E-state index in [0.717, 1.165) is 26.2 Å². The molecule has 1 saturated heterocycles. The number of piperazine rings is 1. The Hall–Kier alpha value is -2.12. The maximum absolute atomic E-state index is 12.1. The zero-order valence-electron chi connectivity index (χ0n) is 13.5. The number of nitrogens with one attached hydrogen (secondary N) is 2. The predicted octanol–water partition coefficient (Wildman–Crippen LogP) is 0.770. The fraction of sp³-hybridized carbons (Fsp3) is 0.438. The van der Waals surface area contributed by atoms with Crippen LogP contribution in [0.15, 0.2) is 29.3 Å². The van der Waals surface area contributed by atoms with Gasteiger partial charge >= 0.3 is 0 Å². The first-order valence-electron chi connectivity index (χ1n) is 7.89. The molecule has 0 aliphatic carbocycles. The lowest BCUT2D eigenvalue weighted by Gasteiger charge is -2.33. The Labute approximate surface area is 145 Å². The first-order valence-corrected chi connectivity index (χ1v) is 8.27. The lowest BCUT2D eigenvalue weighted by molar-refractivity contribution is -0.123. The van der Waals surface area contributed by atoms with Gasteiger partial charge in [-0.15, -0.1) is 0 Å². The van der Waals surface area contributed by atoms with Crippen LogP contribution in [0.1, 0.15) is 6.42 Å². The summed E-state index contributed by atoms with van der Waals surface area (Å²) in [5, 5.41) is 6.44. The molecule has 1 atom stereocenters. The highest BCUT2D eigenvalue weighted by Gasteiger charge is 2.32. The van der Waals surface area contributed by atoms with E-state index in [0.29, 0.717) is 16.7 Å². The normalized spacial score (nSPS) is 21.4. The summed E-state index contributed by atoms with van der Waals surface area (Å²) in [6, 6.07) is 6.23. The maximum Gasteiger partial charge on any atom is 0.271 e. The standard InChI is InChI=1S/C16H20ClN5O2/c1-21-6-8-22(9-7-21)16-19-13(15(24)20-16)10-14(23)18-12-4-2-11(17)3-5-12/h2-5,13H,6-10H2,1H3,(H,18,23)(H,19,20,24). The number of halogens is 1. The second kappa shape index (κ2) is 7.19. The number of aliphatic imine (C=N–C) groups is 1. The van der Waals surface area contributed by atoms with Crippen molar-refractivity contribution in [3.05, 3.63) is 29.3 Å². The Bertz CT molecular complexity index is 653. The molecule has 2 aliphatic rings. The van der Waals surface area contributed by atoms with E-state index < -0.39 is 6.04 Å². The number of benzene rings is 1. The molecule has 7 nitrogen and oxygen atoms in total. The zero-order chi connectivity index (χ0) is 17.1. The molecule has 0 radical (unpaired) electrons. The molecule has 0 aromatic heterocycles. The number of amides is 2. The maximum atomic E-state index is 12.1. The van der Waals surface area contributed by atoms with Gasteiger partial charge in [0.25, 0.3) is 5.91 Å². The fourth-order valence-electron chi connectivity index (χ4n) is 2.68. The summed E-state index contributed by atoms with van der Waals surface area (Å²) in [7, 11) is 2.07. The Morgan fingerprint density at radius 1 is 1.29 bits per heavy atom. The van der Waals surface area contributed by atoms with E-state index >= 15 is 0 Å². The number of anilines is 1. The molecule has 24 heavy (non-hydrogen) atoms. The van der Waals surface area contributed by atoms with Crippen LogP contribution in [-0.4, -0.2) is 66.8 Å². The molecule has 2 N–H and O–H groups in total. The van der Waals surface area contributed by atoms with Crippen molar-refractivity contribution < 1.29 is 9.59 Å². The Kier molecular flexibility index (Phi) is 5.01. The van der Waals surface area contributed by atoms with Crippen molar-refractivity contribution in [2.24, 2.45) is 4.99 Å². The van der Waals surface area contributed by atoms with E-state index in [1.165, 1.54) is 0 Å². The predicted molar refractivity (Wildman–Crippen MR) is 93.1 cm³/mol. The quantitative estimate of drug-likeness (QED) is 0.843. The van der Waals surface area contributed by atoms with Crippen LogP contribution in [0.2, 0.25) is 5.02 Å². The fourth-order valence-corrected chi connectivity index (χ4v) is 2.81. The van der Waals surface area contributed by atoms with Gasteiger partial charge in [-0.05, 0) is 31.3 Å². The van der Waals surface area contributed by atoms with Crippen LogP contribution in [0.25, 0.3) is 0 Å². The Morgan fingerprint density at radius 3 is 2.62 bits per heavy atom. The lowest BCUT2D eigenvalue weighted by Crippen LogP contribution is -2.51. The second-order valence-electron chi connectivity index (χ2n) is 6.02. The molecule has 2 amide bonds. The van der Waals surface area contributed by atoms with Gasteiger partial charge in [-0.25, -0.2) is 0 Å². The average Bonchev–Trinajstić information content (AvgIpc) is 2.91. The third kappa shape index (κ3) is 4.04. The van der Waals surface area contributed by atoms with Crippen LogP contribution >= 0.6 is 11.6 Å². The van der Waals surface area contributed by atoms with Gasteiger partial charge in [-0.2, -0.15) is 4.99 Å². The van der Waals surface area contributed by atoms with Crippen LogP contribution in [0.4, 0.5) is 5.69 Å².